The van der Waals surface area contributed by atoms with Gasteiger partial charge in [-0.15, -0.1) is 0 Å². The average molecular weight is 433 g/mol. The van der Waals surface area contributed by atoms with Gasteiger partial charge in [-0.1, -0.05) is 46.8 Å². The number of rotatable bonds is 6. The quantitative estimate of drug-likeness (QED) is 0.490. The second-order valence-electron chi connectivity index (χ2n) is 9.84. The predicted octanol–water partition coefficient (Wildman–Crippen LogP) is 4.41. The van der Waals surface area contributed by atoms with Crippen molar-refractivity contribution in [2.24, 2.45) is 13.0 Å². The summed E-state index contributed by atoms with van der Waals surface area (Å²) in [7, 11) is 1.80. The Bertz CT molecular complexity index is 1270. The maximum atomic E-state index is 13.0. The average Bonchev–Trinajstić information content (AvgIpc) is 3.35. The fourth-order valence-electron chi connectivity index (χ4n) is 4.03. The number of hydrogen-bond donors (Lipinski definition) is 1. The number of anilines is 1. The van der Waals surface area contributed by atoms with Gasteiger partial charge in [0, 0.05) is 43.6 Å². The Kier molecular flexibility index (Phi) is 5.67. The molecule has 4 aromatic rings. The molecule has 0 amide bonds. The summed E-state index contributed by atoms with van der Waals surface area (Å²) in [4.78, 5) is 23.1. The van der Waals surface area contributed by atoms with Gasteiger partial charge in [-0.25, -0.2) is 4.98 Å². The predicted molar refractivity (Wildman–Crippen MR) is 129 cm³/mol. The van der Waals surface area contributed by atoms with Crippen LogP contribution in [0.5, 0.6) is 0 Å². The highest BCUT2D eigenvalue weighted by molar-refractivity contribution is 5.78. The zero-order valence-corrected chi connectivity index (χ0v) is 19.8. The summed E-state index contributed by atoms with van der Waals surface area (Å²) in [5, 5.41) is 4.62. The lowest BCUT2D eigenvalue weighted by atomic mass is 9.91. The van der Waals surface area contributed by atoms with Crippen LogP contribution in [0.2, 0.25) is 0 Å². The first-order valence-electron chi connectivity index (χ1n) is 11.1. The number of nitrogens with zero attached hydrogens (tertiary/aromatic N) is 5. The molecule has 0 atom stereocenters. The highest BCUT2D eigenvalue weighted by atomic mass is 16.1. The van der Waals surface area contributed by atoms with E-state index >= 15 is 0 Å². The van der Waals surface area contributed by atoms with Crippen LogP contribution in [0.1, 0.15) is 45.9 Å². The molecule has 0 saturated heterocycles. The number of hydrogen-bond acceptors (Lipinski definition) is 4. The fraction of sp³-hybridized carbons (Fsp3) is 0.400. The lowest BCUT2D eigenvalue weighted by Crippen LogP contribution is -2.31. The first-order chi connectivity index (χ1) is 15.1. The Labute approximate surface area is 188 Å². The fourth-order valence-corrected chi connectivity index (χ4v) is 4.03. The maximum Gasteiger partial charge on any atom is 0.278 e. The van der Waals surface area contributed by atoms with Gasteiger partial charge in [0.15, 0.2) is 5.52 Å². The van der Waals surface area contributed by atoms with Crippen molar-refractivity contribution < 1.29 is 0 Å². The summed E-state index contributed by atoms with van der Waals surface area (Å²) in [6.45, 7) is 12.0. The summed E-state index contributed by atoms with van der Waals surface area (Å²) >= 11 is 0. The van der Waals surface area contributed by atoms with Gasteiger partial charge in [0.05, 0.1) is 5.69 Å². The van der Waals surface area contributed by atoms with Crippen molar-refractivity contribution in [1.82, 2.24) is 24.3 Å². The van der Waals surface area contributed by atoms with Crippen molar-refractivity contribution in [1.29, 1.82) is 0 Å². The van der Waals surface area contributed by atoms with Gasteiger partial charge in [0.2, 0.25) is 5.95 Å². The summed E-state index contributed by atoms with van der Waals surface area (Å²) < 4.78 is 3.73. The first kappa shape index (κ1) is 21.9. The van der Waals surface area contributed by atoms with Crippen LogP contribution in [0, 0.1) is 5.92 Å². The van der Waals surface area contributed by atoms with E-state index in [1.54, 1.807) is 11.7 Å². The second kappa shape index (κ2) is 8.30. The lowest BCUT2D eigenvalue weighted by Gasteiger charge is -2.25. The van der Waals surface area contributed by atoms with Crippen LogP contribution in [0.25, 0.3) is 16.7 Å². The minimum atomic E-state index is -0.217. The number of aromatic amines is 1. The van der Waals surface area contributed by atoms with Gasteiger partial charge in [-0.3, -0.25) is 14.5 Å². The van der Waals surface area contributed by atoms with E-state index in [9.17, 15) is 4.79 Å². The van der Waals surface area contributed by atoms with E-state index in [1.807, 2.05) is 24.5 Å². The maximum absolute atomic E-state index is 13.0. The van der Waals surface area contributed by atoms with E-state index < -0.39 is 0 Å². The molecule has 4 rings (SSSR count). The van der Waals surface area contributed by atoms with Gasteiger partial charge in [0.25, 0.3) is 5.56 Å². The molecule has 0 spiro atoms. The molecule has 1 N–H and O–H groups in total. The van der Waals surface area contributed by atoms with E-state index in [0.29, 0.717) is 29.4 Å². The van der Waals surface area contributed by atoms with Gasteiger partial charge in [-0.2, -0.15) is 5.10 Å². The monoisotopic (exact) mass is 432 g/mol. The largest absolute Gasteiger partial charge is 0.338 e. The van der Waals surface area contributed by atoms with E-state index in [4.69, 9.17) is 4.98 Å². The Balaban J connectivity index is 1.77. The smallest absolute Gasteiger partial charge is 0.278 e. The lowest BCUT2D eigenvalue weighted by molar-refractivity contribution is 0.557. The molecular formula is C25H32N6O. The SMILES string of the molecule is CC(C)CN(Cc1cccc(-n2cccc2)c1)c1nc2c(C(C)(C)C)nn(C)c2c(=O)[nH]1. The molecular weight excluding hydrogens is 400 g/mol. The molecule has 0 fully saturated rings. The molecule has 0 radical (unpaired) electrons. The van der Waals surface area contributed by atoms with E-state index in [1.165, 1.54) is 0 Å². The third-order valence-corrected chi connectivity index (χ3v) is 5.46. The Morgan fingerprint density at radius 2 is 1.84 bits per heavy atom. The Hall–Kier alpha value is -3.35. The third-order valence-electron chi connectivity index (χ3n) is 5.46. The number of aromatic nitrogens is 5. The summed E-state index contributed by atoms with van der Waals surface area (Å²) in [6, 6.07) is 12.5. The molecule has 168 valence electrons. The van der Waals surface area contributed by atoms with Crippen LogP contribution in [0.3, 0.4) is 0 Å². The van der Waals surface area contributed by atoms with Crippen molar-refractivity contribution >= 4 is 17.0 Å². The molecule has 0 aliphatic rings. The van der Waals surface area contributed by atoms with Crippen LogP contribution in [-0.4, -0.2) is 30.9 Å². The molecule has 1 aromatic carbocycles. The molecule has 0 saturated carbocycles. The number of nitrogens with one attached hydrogen (secondary N) is 1. The Morgan fingerprint density at radius 3 is 2.50 bits per heavy atom. The second-order valence-corrected chi connectivity index (χ2v) is 9.84. The van der Waals surface area contributed by atoms with Crippen molar-refractivity contribution in [3.8, 4) is 5.69 Å². The normalized spacial score (nSPS) is 12.1. The third kappa shape index (κ3) is 4.33. The molecule has 32 heavy (non-hydrogen) atoms. The van der Waals surface area contributed by atoms with Crippen molar-refractivity contribution in [2.45, 2.75) is 46.6 Å². The van der Waals surface area contributed by atoms with Gasteiger partial charge in [0.1, 0.15) is 5.52 Å². The minimum Gasteiger partial charge on any atom is -0.338 e. The zero-order chi connectivity index (χ0) is 23.0. The van der Waals surface area contributed by atoms with Crippen LogP contribution in [0.15, 0.2) is 53.6 Å². The van der Waals surface area contributed by atoms with Gasteiger partial charge >= 0.3 is 0 Å². The topological polar surface area (TPSA) is 71.7 Å². The van der Waals surface area contributed by atoms with E-state index in [2.05, 4.69) is 78.4 Å². The molecule has 0 unspecified atom stereocenters. The van der Waals surface area contributed by atoms with Crippen LogP contribution in [0.4, 0.5) is 5.95 Å². The Morgan fingerprint density at radius 1 is 1.12 bits per heavy atom. The number of benzene rings is 1. The minimum absolute atomic E-state index is 0.162. The van der Waals surface area contributed by atoms with Crippen molar-refractivity contribution in [3.63, 3.8) is 0 Å². The number of aryl methyl sites for hydroxylation is 1. The highest BCUT2D eigenvalue weighted by Crippen LogP contribution is 2.27. The van der Waals surface area contributed by atoms with Crippen LogP contribution < -0.4 is 10.5 Å². The molecule has 0 aliphatic heterocycles. The van der Waals surface area contributed by atoms with Crippen molar-refractivity contribution in [2.75, 3.05) is 11.4 Å². The molecule has 0 bridgehead atoms. The highest BCUT2D eigenvalue weighted by Gasteiger charge is 2.26. The van der Waals surface area contributed by atoms with E-state index in [-0.39, 0.29) is 11.0 Å². The zero-order valence-electron chi connectivity index (χ0n) is 19.8. The van der Waals surface area contributed by atoms with Gasteiger partial charge in [-0.05, 0) is 35.7 Å². The molecule has 3 aromatic heterocycles. The van der Waals surface area contributed by atoms with Crippen LogP contribution >= 0.6 is 0 Å². The molecule has 0 aliphatic carbocycles. The summed E-state index contributed by atoms with van der Waals surface area (Å²) in [5.41, 5.74) is 3.90. The summed E-state index contributed by atoms with van der Waals surface area (Å²) in [6.07, 6.45) is 4.07. The molecule has 3 heterocycles. The first-order valence-corrected chi connectivity index (χ1v) is 11.1. The standard InChI is InChI=1S/C25H32N6O/c1-17(2)15-31(16-18-10-9-11-19(14-18)30-12-7-8-13-30)24-26-20-21(23(32)27-24)29(6)28-22(20)25(3,4)5/h7-14,17H,15-16H2,1-6H3,(H,26,27,32). The van der Waals surface area contributed by atoms with Crippen molar-refractivity contribution in [3.05, 3.63) is 70.4 Å². The summed E-state index contributed by atoms with van der Waals surface area (Å²) in [5.74, 6) is 0.987. The number of H-pyrrole nitrogens is 1. The van der Waals surface area contributed by atoms with E-state index in [0.717, 1.165) is 23.5 Å². The molecule has 7 heteroatoms. The van der Waals surface area contributed by atoms with Gasteiger partial charge < -0.3 is 9.47 Å². The number of fused-ring (bicyclic) bond motifs is 1. The van der Waals surface area contributed by atoms with Crippen LogP contribution in [-0.2, 0) is 19.0 Å². The molecule has 7 nitrogen and oxygen atoms in total.